The minimum absolute atomic E-state index is 0.0231. The van der Waals surface area contributed by atoms with Crippen LogP contribution in [0, 0.1) is 35.3 Å². The van der Waals surface area contributed by atoms with Crippen LogP contribution in [0.15, 0.2) is 30.5 Å². The van der Waals surface area contributed by atoms with Gasteiger partial charge in [0, 0.05) is 61.5 Å². The number of phenolic OH excluding ortho intramolecular Hbond substituents is 1. The van der Waals surface area contributed by atoms with Crippen molar-refractivity contribution in [2.75, 3.05) is 64.1 Å². The molecule has 0 radical (unpaired) electrons. The number of aromatic nitrogens is 3. The Morgan fingerprint density at radius 2 is 1.92 bits per heavy atom. The van der Waals surface area contributed by atoms with Gasteiger partial charge in [-0.15, -0.1) is 6.42 Å². The van der Waals surface area contributed by atoms with Crippen LogP contribution >= 0.6 is 0 Å². The summed E-state index contributed by atoms with van der Waals surface area (Å²) < 4.78 is 49.7. The van der Waals surface area contributed by atoms with E-state index in [1.807, 2.05) is 0 Å². The molecule has 3 unspecified atom stereocenters. The normalized spacial score (nSPS) is 24.6. The summed E-state index contributed by atoms with van der Waals surface area (Å²) in [5, 5.41) is 11.8. The lowest BCUT2D eigenvalue weighted by molar-refractivity contribution is -0.00804. The molecule has 11 heteroatoms. The standard InChI is InChI=1S/C38H41F2N5O4/c1-2-27-30(39)8-7-25-18-26(46)19-28(32(25)27)34-33(40)35-29(20-41-34)36(44-13-5-15-47-17-14-44)43-37(42-35)49-23-38-10-3-6-31(38)45(12-4-11-38)21-24-9-16-48-22-24/h1,7-8,18-20,24,31,46H,3-6,9-17,21-23H2. The van der Waals surface area contributed by atoms with Crippen LogP contribution in [0.4, 0.5) is 14.6 Å². The molecule has 4 aliphatic rings. The zero-order chi connectivity index (χ0) is 33.5. The SMILES string of the molecule is C#Cc1c(F)ccc2cc(O)cc(-c3ncc4c(N5CCCOCC5)nc(OCC56CCCC5N(CC5CCOC5)CCC6)nc4c3F)c12. The third-order valence-corrected chi connectivity index (χ3v) is 11.0. The van der Waals surface area contributed by atoms with Gasteiger partial charge in [0.2, 0.25) is 0 Å². The van der Waals surface area contributed by atoms with Gasteiger partial charge in [-0.25, -0.2) is 8.78 Å². The van der Waals surface area contributed by atoms with E-state index in [1.165, 1.54) is 24.3 Å². The summed E-state index contributed by atoms with van der Waals surface area (Å²) in [4.78, 5) is 18.8. The first-order chi connectivity index (χ1) is 23.9. The van der Waals surface area contributed by atoms with Gasteiger partial charge in [0.05, 0.1) is 30.8 Å². The fraction of sp³-hybridized carbons (Fsp3) is 0.500. The molecule has 3 atom stereocenters. The summed E-state index contributed by atoms with van der Waals surface area (Å²) in [6.45, 7) is 6.66. The highest BCUT2D eigenvalue weighted by Crippen LogP contribution is 2.48. The maximum atomic E-state index is 16.9. The summed E-state index contributed by atoms with van der Waals surface area (Å²) in [5.74, 6) is 2.04. The Hall–Kier alpha value is -4.11. The number of nitrogens with zero attached hydrogens (tertiary/aromatic N) is 5. The number of terminal acetylenes is 1. The van der Waals surface area contributed by atoms with Crippen molar-refractivity contribution in [3.63, 3.8) is 0 Å². The van der Waals surface area contributed by atoms with Gasteiger partial charge in [-0.1, -0.05) is 18.4 Å². The molecule has 256 valence electrons. The Bertz CT molecular complexity index is 1920. The second-order valence-corrected chi connectivity index (χ2v) is 14.0. The zero-order valence-electron chi connectivity index (χ0n) is 27.6. The van der Waals surface area contributed by atoms with Gasteiger partial charge < -0.3 is 24.2 Å². The number of rotatable bonds is 7. The molecule has 0 spiro atoms. The summed E-state index contributed by atoms with van der Waals surface area (Å²) in [6.07, 6.45) is 14.7. The van der Waals surface area contributed by atoms with E-state index in [4.69, 9.17) is 25.6 Å². The maximum Gasteiger partial charge on any atom is 0.319 e. The first-order valence-electron chi connectivity index (χ1n) is 17.5. The number of aromatic hydroxyl groups is 1. The Labute approximate surface area is 284 Å². The van der Waals surface area contributed by atoms with Gasteiger partial charge in [0.1, 0.15) is 28.6 Å². The molecule has 1 N–H and O–H groups in total. The van der Waals surface area contributed by atoms with Crippen LogP contribution in [0.25, 0.3) is 32.9 Å². The molecule has 4 fully saturated rings. The predicted octanol–water partition coefficient (Wildman–Crippen LogP) is 6.09. The number of anilines is 1. The number of hydrogen-bond acceptors (Lipinski definition) is 9. The van der Waals surface area contributed by atoms with Crippen LogP contribution in [-0.4, -0.2) is 90.2 Å². The van der Waals surface area contributed by atoms with E-state index < -0.39 is 11.6 Å². The average molecular weight is 670 g/mol. The highest BCUT2D eigenvalue weighted by Gasteiger charge is 2.49. The van der Waals surface area contributed by atoms with Crippen LogP contribution in [0.3, 0.4) is 0 Å². The van der Waals surface area contributed by atoms with Crippen LogP contribution in [0.5, 0.6) is 11.8 Å². The van der Waals surface area contributed by atoms with Gasteiger partial charge in [-0.3, -0.25) is 9.88 Å². The number of piperidine rings is 1. The summed E-state index contributed by atoms with van der Waals surface area (Å²) in [5.41, 5.74) is 0.0642. The van der Waals surface area contributed by atoms with Crippen molar-refractivity contribution in [1.29, 1.82) is 0 Å². The largest absolute Gasteiger partial charge is 0.508 e. The van der Waals surface area contributed by atoms with Gasteiger partial charge in [0.15, 0.2) is 5.82 Å². The van der Waals surface area contributed by atoms with E-state index in [2.05, 4.69) is 25.7 Å². The number of fused-ring (bicyclic) bond motifs is 3. The van der Waals surface area contributed by atoms with E-state index >= 15 is 4.39 Å². The molecule has 3 saturated heterocycles. The molecule has 4 aromatic rings. The molecule has 8 rings (SSSR count). The predicted molar refractivity (Wildman–Crippen MR) is 183 cm³/mol. The van der Waals surface area contributed by atoms with Crippen LogP contribution in [0.1, 0.15) is 50.5 Å². The molecule has 1 aliphatic carbocycles. The van der Waals surface area contributed by atoms with E-state index in [0.717, 1.165) is 71.2 Å². The third kappa shape index (κ3) is 5.94. The molecule has 0 amide bonds. The Morgan fingerprint density at radius 3 is 2.78 bits per heavy atom. The minimum Gasteiger partial charge on any atom is -0.508 e. The van der Waals surface area contributed by atoms with Crippen molar-refractivity contribution in [1.82, 2.24) is 19.9 Å². The molecule has 9 nitrogen and oxygen atoms in total. The van der Waals surface area contributed by atoms with Gasteiger partial charge in [-0.05, 0) is 74.6 Å². The average Bonchev–Trinajstić information content (AvgIpc) is 3.71. The van der Waals surface area contributed by atoms with Crippen LogP contribution < -0.4 is 9.64 Å². The third-order valence-electron chi connectivity index (χ3n) is 11.0. The number of benzene rings is 2. The molecule has 2 aromatic heterocycles. The minimum atomic E-state index is -0.726. The van der Waals surface area contributed by atoms with Gasteiger partial charge in [-0.2, -0.15) is 9.97 Å². The second kappa shape index (κ2) is 13.3. The highest BCUT2D eigenvalue weighted by atomic mass is 19.1. The number of ether oxygens (including phenoxy) is 3. The Kier molecular flexibility index (Phi) is 8.72. The molecule has 3 aliphatic heterocycles. The van der Waals surface area contributed by atoms with Crippen molar-refractivity contribution in [3.8, 4) is 35.4 Å². The molecule has 49 heavy (non-hydrogen) atoms. The van der Waals surface area contributed by atoms with Gasteiger partial charge in [0.25, 0.3) is 0 Å². The van der Waals surface area contributed by atoms with Crippen molar-refractivity contribution in [3.05, 3.63) is 47.7 Å². The monoisotopic (exact) mass is 669 g/mol. The number of hydrogen-bond donors (Lipinski definition) is 1. The first-order valence-corrected chi connectivity index (χ1v) is 17.5. The number of phenols is 1. The summed E-state index contributed by atoms with van der Waals surface area (Å²) in [7, 11) is 0. The lowest BCUT2D eigenvalue weighted by Gasteiger charge is -2.46. The number of halogens is 2. The van der Waals surface area contributed by atoms with E-state index in [0.29, 0.717) is 66.8 Å². The summed E-state index contributed by atoms with van der Waals surface area (Å²) in [6, 6.07) is 6.10. The topological polar surface area (TPSA) is 93.1 Å². The highest BCUT2D eigenvalue weighted by molar-refractivity contribution is 6.03. The van der Waals surface area contributed by atoms with Crippen molar-refractivity contribution >= 4 is 27.5 Å². The quantitative estimate of drug-likeness (QED) is 0.235. The van der Waals surface area contributed by atoms with Crippen molar-refractivity contribution in [2.45, 2.75) is 51.0 Å². The molecular formula is C38H41F2N5O4. The van der Waals surface area contributed by atoms with E-state index in [9.17, 15) is 9.50 Å². The Balaban J connectivity index is 1.20. The lowest BCUT2D eigenvalue weighted by atomic mass is 9.75. The zero-order valence-corrected chi connectivity index (χ0v) is 27.6. The second-order valence-electron chi connectivity index (χ2n) is 14.0. The molecule has 0 bridgehead atoms. The Morgan fingerprint density at radius 1 is 1.02 bits per heavy atom. The molecular weight excluding hydrogens is 628 g/mol. The van der Waals surface area contributed by atoms with Crippen LogP contribution in [-0.2, 0) is 9.47 Å². The van der Waals surface area contributed by atoms with Gasteiger partial charge >= 0.3 is 6.01 Å². The molecule has 5 heterocycles. The molecule has 2 aromatic carbocycles. The smallest absolute Gasteiger partial charge is 0.319 e. The van der Waals surface area contributed by atoms with Crippen molar-refractivity contribution in [2.24, 2.45) is 11.3 Å². The van der Waals surface area contributed by atoms with Crippen molar-refractivity contribution < 1.29 is 28.1 Å². The molecule has 1 saturated carbocycles. The number of pyridine rings is 1. The first kappa shape index (κ1) is 32.1. The summed E-state index contributed by atoms with van der Waals surface area (Å²) >= 11 is 0. The van der Waals surface area contributed by atoms with E-state index in [-0.39, 0.29) is 39.5 Å². The lowest BCUT2D eigenvalue weighted by Crippen LogP contribution is -2.53. The number of likely N-dealkylation sites (tertiary alicyclic amines) is 1. The van der Waals surface area contributed by atoms with Crippen LogP contribution in [0.2, 0.25) is 0 Å². The fourth-order valence-electron chi connectivity index (χ4n) is 8.72. The maximum absolute atomic E-state index is 16.9. The van der Waals surface area contributed by atoms with E-state index in [1.54, 1.807) is 6.20 Å². The fourth-order valence-corrected chi connectivity index (χ4v) is 8.72.